The molecule has 0 saturated heterocycles. The van der Waals surface area contributed by atoms with Crippen molar-refractivity contribution in [3.8, 4) is 5.75 Å². The monoisotopic (exact) mass is 283 g/mol. The van der Waals surface area contributed by atoms with E-state index in [1.807, 2.05) is 24.3 Å². The highest BCUT2D eigenvalue weighted by Crippen LogP contribution is 2.44. The maximum atomic E-state index is 10.7. The zero-order valence-corrected chi connectivity index (χ0v) is 11.6. The lowest BCUT2D eigenvalue weighted by atomic mass is 9.88. The number of non-ortho nitro benzene ring substituents is 1. The van der Waals surface area contributed by atoms with Crippen molar-refractivity contribution in [1.29, 1.82) is 0 Å². The number of aromatic hydroxyl groups is 1. The van der Waals surface area contributed by atoms with Crippen LogP contribution in [-0.2, 0) is 6.42 Å². The van der Waals surface area contributed by atoms with Gasteiger partial charge in [-0.3, -0.25) is 10.1 Å². The second-order valence-corrected chi connectivity index (χ2v) is 5.66. The van der Waals surface area contributed by atoms with Crippen LogP contribution in [0.5, 0.6) is 5.75 Å². The average molecular weight is 283 g/mol. The first-order chi connectivity index (χ1) is 10.1. The van der Waals surface area contributed by atoms with Crippen LogP contribution >= 0.6 is 0 Å². The molecule has 0 aromatic heterocycles. The van der Waals surface area contributed by atoms with Crippen molar-refractivity contribution < 1.29 is 10.0 Å². The molecule has 1 aliphatic rings. The zero-order chi connectivity index (χ0) is 14.8. The molecule has 21 heavy (non-hydrogen) atoms. The summed E-state index contributed by atoms with van der Waals surface area (Å²) in [4.78, 5) is 10.3. The third kappa shape index (κ3) is 3.21. The SMILES string of the molecule is O=[N+]([O-])c1ccc(CC(c2ccc(O)cc2)C2CC2)cc1. The fourth-order valence-corrected chi connectivity index (χ4v) is 2.78. The molecule has 4 heteroatoms. The number of phenols is 1. The van der Waals surface area contributed by atoms with Gasteiger partial charge in [0.15, 0.2) is 0 Å². The summed E-state index contributed by atoms with van der Waals surface area (Å²) in [5.41, 5.74) is 2.48. The van der Waals surface area contributed by atoms with E-state index in [0.29, 0.717) is 11.8 Å². The number of nitrogens with zero attached hydrogens (tertiary/aromatic N) is 1. The first kappa shape index (κ1) is 13.6. The normalized spacial score (nSPS) is 15.6. The minimum absolute atomic E-state index is 0.131. The van der Waals surface area contributed by atoms with Crippen LogP contribution in [0.3, 0.4) is 0 Å². The maximum Gasteiger partial charge on any atom is 0.269 e. The number of benzene rings is 2. The predicted molar refractivity (Wildman–Crippen MR) is 80.4 cm³/mol. The molecule has 0 aliphatic heterocycles. The largest absolute Gasteiger partial charge is 0.508 e. The Bertz CT molecular complexity index is 630. The molecule has 108 valence electrons. The summed E-state index contributed by atoms with van der Waals surface area (Å²) in [6, 6.07) is 14.2. The molecule has 0 heterocycles. The topological polar surface area (TPSA) is 63.4 Å². The molecule has 2 aromatic carbocycles. The van der Waals surface area contributed by atoms with Gasteiger partial charge in [-0.15, -0.1) is 0 Å². The van der Waals surface area contributed by atoms with E-state index in [1.165, 1.54) is 18.4 Å². The van der Waals surface area contributed by atoms with Crippen molar-refractivity contribution in [2.45, 2.75) is 25.2 Å². The Labute approximate surface area is 123 Å². The fourth-order valence-electron chi connectivity index (χ4n) is 2.78. The van der Waals surface area contributed by atoms with E-state index in [-0.39, 0.29) is 16.4 Å². The van der Waals surface area contributed by atoms with Gasteiger partial charge in [0.25, 0.3) is 5.69 Å². The quantitative estimate of drug-likeness (QED) is 0.665. The van der Waals surface area contributed by atoms with Crippen LogP contribution in [0, 0.1) is 16.0 Å². The van der Waals surface area contributed by atoms with Crippen LogP contribution in [0.25, 0.3) is 0 Å². The van der Waals surface area contributed by atoms with Gasteiger partial charge in [-0.25, -0.2) is 0 Å². The van der Waals surface area contributed by atoms with Crippen LogP contribution in [0.1, 0.15) is 29.9 Å². The van der Waals surface area contributed by atoms with E-state index in [2.05, 4.69) is 0 Å². The molecule has 4 nitrogen and oxygen atoms in total. The average Bonchev–Trinajstić information content (AvgIpc) is 3.31. The zero-order valence-electron chi connectivity index (χ0n) is 11.6. The van der Waals surface area contributed by atoms with Gasteiger partial charge >= 0.3 is 0 Å². The molecule has 0 bridgehead atoms. The molecule has 1 atom stereocenters. The standard InChI is InChI=1S/C17H17NO3/c19-16-9-5-14(6-10-16)17(13-3-4-13)11-12-1-7-15(8-2-12)18(20)21/h1-2,5-10,13,17,19H,3-4,11H2. The fraction of sp³-hybridized carbons (Fsp3) is 0.294. The van der Waals surface area contributed by atoms with Gasteiger partial charge in [0.05, 0.1) is 4.92 Å². The number of nitro groups is 1. The lowest BCUT2D eigenvalue weighted by Crippen LogP contribution is -2.05. The van der Waals surface area contributed by atoms with Crippen molar-refractivity contribution in [2.24, 2.45) is 5.92 Å². The number of phenolic OH excluding ortho intramolecular Hbond substituents is 1. The highest BCUT2D eigenvalue weighted by Gasteiger charge is 2.32. The Hall–Kier alpha value is -2.36. The van der Waals surface area contributed by atoms with Crippen LogP contribution in [0.15, 0.2) is 48.5 Å². The minimum atomic E-state index is -0.373. The van der Waals surface area contributed by atoms with Gasteiger partial charge < -0.3 is 5.11 Å². The molecule has 3 rings (SSSR count). The van der Waals surface area contributed by atoms with Gasteiger partial charge in [0.1, 0.15) is 5.75 Å². The van der Waals surface area contributed by atoms with Crippen LogP contribution in [0.4, 0.5) is 5.69 Å². The molecule has 1 unspecified atom stereocenters. The predicted octanol–water partition coefficient (Wildman–Crippen LogP) is 4.04. The van der Waals surface area contributed by atoms with E-state index in [0.717, 1.165) is 12.0 Å². The molecule has 2 aromatic rings. The van der Waals surface area contributed by atoms with Gasteiger partial charge in [0, 0.05) is 12.1 Å². The minimum Gasteiger partial charge on any atom is -0.508 e. The second-order valence-electron chi connectivity index (χ2n) is 5.66. The first-order valence-corrected chi connectivity index (χ1v) is 7.16. The summed E-state index contributed by atoms with van der Waals surface area (Å²) in [5, 5.41) is 20.1. The van der Waals surface area contributed by atoms with Crippen molar-refractivity contribution in [2.75, 3.05) is 0 Å². The molecule has 0 radical (unpaired) electrons. The van der Waals surface area contributed by atoms with Crippen molar-refractivity contribution >= 4 is 5.69 Å². The lowest BCUT2D eigenvalue weighted by Gasteiger charge is -2.17. The smallest absolute Gasteiger partial charge is 0.269 e. The number of nitro benzene ring substituents is 1. The Balaban J connectivity index is 1.79. The molecular formula is C17H17NO3. The van der Waals surface area contributed by atoms with Crippen LogP contribution in [-0.4, -0.2) is 10.0 Å². The highest BCUT2D eigenvalue weighted by atomic mass is 16.6. The number of hydrogen-bond acceptors (Lipinski definition) is 3. The molecule has 1 N–H and O–H groups in total. The summed E-state index contributed by atoms with van der Waals surface area (Å²) in [6.45, 7) is 0. The number of rotatable bonds is 5. The third-order valence-electron chi connectivity index (χ3n) is 4.12. The lowest BCUT2D eigenvalue weighted by molar-refractivity contribution is -0.384. The third-order valence-corrected chi connectivity index (χ3v) is 4.12. The molecular weight excluding hydrogens is 266 g/mol. The molecule has 1 fully saturated rings. The molecule has 1 saturated carbocycles. The van der Waals surface area contributed by atoms with Gasteiger partial charge in [-0.1, -0.05) is 24.3 Å². The van der Waals surface area contributed by atoms with Crippen LogP contribution < -0.4 is 0 Å². The highest BCUT2D eigenvalue weighted by molar-refractivity contribution is 5.35. The summed E-state index contributed by atoms with van der Waals surface area (Å²) >= 11 is 0. The van der Waals surface area contributed by atoms with Gasteiger partial charge in [-0.2, -0.15) is 0 Å². The summed E-state index contributed by atoms with van der Waals surface area (Å²) < 4.78 is 0. The van der Waals surface area contributed by atoms with E-state index in [1.54, 1.807) is 24.3 Å². The van der Waals surface area contributed by atoms with E-state index in [9.17, 15) is 15.2 Å². The van der Waals surface area contributed by atoms with Crippen molar-refractivity contribution in [3.05, 3.63) is 69.8 Å². The second kappa shape index (κ2) is 5.56. The molecule has 1 aliphatic carbocycles. The van der Waals surface area contributed by atoms with E-state index in [4.69, 9.17) is 0 Å². The number of hydrogen-bond donors (Lipinski definition) is 1. The van der Waals surface area contributed by atoms with Crippen molar-refractivity contribution in [1.82, 2.24) is 0 Å². The van der Waals surface area contributed by atoms with Crippen molar-refractivity contribution in [3.63, 3.8) is 0 Å². The summed E-state index contributed by atoms with van der Waals surface area (Å²) in [7, 11) is 0. The van der Waals surface area contributed by atoms with E-state index < -0.39 is 0 Å². The Kier molecular flexibility index (Phi) is 3.60. The summed E-state index contributed by atoms with van der Waals surface area (Å²) in [6.07, 6.45) is 3.35. The Morgan fingerprint density at radius 2 is 1.71 bits per heavy atom. The van der Waals surface area contributed by atoms with Crippen LogP contribution in [0.2, 0.25) is 0 Å². The first-order valence-electron chi connectivity index (χ1n) is 7.16. The van der Waals surface area contributed by atoms with E-state index >= 15 is 0 Å². The Morgan fingerprint density at radius 1 is 1.10 bits per heavy atom. The van der Waals surface area contributed by atoms with Gasteiger partial charge in [0.2, 0.25) is 0 Å². The molecule has 0 amide bonds. The van der Waals surface area contributed by atoms with Gasteiger partial charge in [-0.05, 0) is 54.4 Å². The Morgan fingerprint density at radius 3 is 2.24 bits per heavy atom. The maximum absolute atomic E-state index is 10.7. The molecule has 0 spiro atoms. The summed E-state index contributed by atoms with van der Waals surface area (Å²) in [5.74, 6) is 1.39.